The van der Waals surface area contributed by atoms with Gasteiger partial charge in [0.25, 0.3) is 0 Å². The van der Waals surface area contributed by atoms with Crippen LogP contribution in [0.4, 0.5) is 5.95 Å². The van der Waals surface area contributed by atoms with Crippen molar-refractivity contribution in [3.63, 3.8) is 0 Å². The van der Waals surface area contributed by atoms with E-state index in [1.165, 1.54) is 15.0 Å². The molecule has 1 aromatic carbocycles. The van der Waals surface area contributed by atoms with E-state index in [1.54, 1.807) is 11.3 Å². The van der Waals surface area contributed by atoms with E-state index in [4.69, 9.17) is 4.74 Å². The van der Waals surface area contributed by atoms with Gasteiger partial charge in [0, 0.05) is 40.6 Å². The maximum absolute atomic E-state index is 5.77. The van der Waals surface area contributed by atoms with Crippen molar-refractivity contribution in [2.45, 2.75) is 26.1 Å². The third kappa shape index (κ3) is 2.94. The van der Waals surface area contributed by atoms with Crippen LogP contribution in [0.1, 0.15) is 13.8 Å². The Morgan fingerprint density at radius 3 is 2.48 bits per heavy atom. The molecule has 2 aromatic heterocycles. The average Bonchev–Trinajstić information content (AvgIpc) is 2.98. The summed E-state index contributed by atoms with van der Waals surface area (Å²) >= 11 is 1.78. The smallest absolute Gasteiger partial charge is 0.225 e. The second kappa shape index (κ2) is 5.91. The fraction of sp³-hybridized carbons (Fsp3) is 0.333. The van der Waals surface area contributed by atoms with Gasteiger partial charge in [-0.2, -0.15) is 0 Å². The third-order valence-corrected chi connectivity index (χ3v) is 5.22. The molecular weight excluding hydrogens is 306 g/mol. The predicted octanol–water partition coefficient (Wildman–Crippen LogP) is 3.97. The predicted molar refractivity (Wildman–Crippen MR) is 95.1 cm³/mol. The van der Waals surface area contributed by atoms with Gasteiger partial charge in [-0.05, 0) is 31.4 Å². The number of thiophene rings is 1. The monoisotopic (exact) mass is 325 g/mol. The number of rotatable bonds is 2. The third-order valence-electron chi connectivity index (χ3n) is 4.05. The minimum Gasteiger partial charge on any atom is -0.372 e. The average molecular weight is 325 g/mol. The molecule has 1 aliphatic heterocycles. The minimum absolute atomic E-state index is 0.213. The molecular formula is C18H19N3OS. The molecule has 3 aromatic rings. The SMILES string of the molecule is CC1CN(c2ncc(-c3cc4ccccc4s3)cn2)CC(C)O1. The zero-order chi connectivity index (χ0) is 15.8. The molecule has 2 unspecified atom stereocenters. The van der Waals surface area contributed by atoms with Gasteiger partial charge in [-0.1, -0.05) is 18.2 Å². The molecule has 0 aliphatic carbocycles. The number of hydrogen-bond acceptors (Lipinski definition) is 5. The van der Waals surface area contributed by atoms with Crippen LogP contribution in [-0.4, -0.2) is 35.3 Å². The van der Waals surface area contributed by atoms with Gasteiger partial charge in [-0.15, -0.1) is 11.3 Å². The number of nitrogens with zero attached hydrogens (tertiary/aromatic N) is 3. The second-order valence-corrected chi connectivity index (χ2v) is 7.17. The van der Waals surface area contributed by atoms with Crippen molar-refractivity contribution in [1.29, 1.82) is 0 Å². The van der Waals surface area contributed by atoms with Crippen LogP contribution in [0.5, 0.6) is 0 Å². The van der Waals surface area contributed by atoms with Crippen LogP contribution in [0.25, 0.3) is 20.5 Å². The molecule has 0 bridgehead atoms. The van der Waals surface area contributed by atoms with E-state index in [9.17, 15) is 0 Å². The van der Waals surface area contributed by atoms with Gasteiger partial charge in [0.15, 0.2) is 0 Å². The van der Waals surface area contributed by atoms with Crippen molar-refractivity contribution in [3.8, 4) is 10.4 Å². The van der Waals surface area contributed by atoms with Crippen molar-refractivity contribution < 1.29 is 4.74 Å². The van der Waals surface area contributed by atoms with E-state index in [-0.39, 0.29) is 12.2 Å². The van der Waals surface area contributed by atoms with Crippen molar-refractivity contribution in [2.24, 2.45) is 0 Å². The van der Waals surface area contributed by atoms with Crippen molar-refractivity contribution in [3.05, 3.63) is 42.7 Å². The van der Waals surface area contributed by atoms with Gasteiger partial charge in [-0.3, -0.25) is 0 Å². The van der Waals surface area contributed by atoms with Crippen molar-refractivity contribution >= 4 is 27.4 Å². The molecule has 0 amide bonds. The Morgan fingerprint density at radius 1 is 1.09 bits per heavy atom. The van der Waals surface area contributed by atoms with Crippen LogP contribution in [0.3, 0.4) is 0 Å². The number of hydrogen-bond donors (Lipinski definition) is 0. The van der Waals surface area contributed by atoms with Gasteiger partial charge in [0.05, 0.1) is 12.2 Å². The summed E-state index contributed by atoms with van der Waals surface area (Å²) in [5.41, 5.74) is 1.07. The summed E-state index contributed by atoms with van der Waals surface area (Å²) in [5, 5.41) is 1.27. The normalized spacial score (nSPS) is 21.7. The highest BCUT2D eigenvalue weighted by Crippen LogP contribution is 2.33. The van der Waals surface area contributed by atoms with Crippen LogP contribution in [0, 0.1) is 0 Å². The Balaban J connectivity index is 1.60. The van der Waals surface area contributed by atoms with E-state index < -0.39 is 0 Å². The highest BCUT2D eigenvalue weighted by molar-refractivity contribution is 7.22. The first kappa shape index (κ1) is 14.6. The van der Waals surface area contributed by atoms with E-state index in [0.717, 1.165) is 24.6 Å². The lowest BCUT2D eigenvalue weighted by Gasteiger charge is -2.35. The van der Waals surface area contributed by atoms with E-state index in [1.807, 2.05) is 12.4 Å². The zero-order valence-corrected chi connectivity index (χ0v) is 14.1. The molecule has 0 spiro atoms. The summed E-state index contributed by atoms with van der Waals surface area (Å²) in [4.78, 5) is 12.6. The minimum atomic E-state index is 0.213. The van der Waals surface area contributed by atoms with Crippen molar-refractivity contribution in [2.75, 3.05) is 18.0 Å². The van der Waals surface area contributed by atoms with Crippen LogP contribution in [-0.2, 0) is 4.74 Å². The van der Waals surface area contributed by atoms with Gasteiger partial charge >= 0.3 is 0 Å². The van der Waals surface area contributed by atoms with Crippen molar-refractivity contribution in [1.82, 2.24) is 9.97 Å². The van der Waals surface area contributed by atoms with Gasteiger partial charge in [-0.25, -0.2) is 9.97 Å². The Kier molecular flexibility index (Phi) is 3.75. The first-order chi connectivity index (χ1) is 11.2. The lowest BCUT2D eigenvalue weighted by molar-refractivity contribution is -0.00571. The first-order valence-electron chi connectivity index (χ1n) is 7.90. The molecule has 1 aliphatic rings. The highest BCUT2D eigenvalue weighted by Gasteiger charge is 2.23. The molecule has 4 rings (SSSR count). The molecule has 118 valence electrons. The van der Waals surface area contributed by atoms with Gasteiger partial charge in [0.2, 0.25) is 5.95 Å². The summed E-state index contributed by atoms with van der Waals surface area (Å²) < 4.78 is 7.06. The number of anilines is 1. The zero-order valence-electron chi connectivity index (χ0n) is 13.3. The maximum Gasteiger partial charge on any atom is 0.225 e. The molecule has 23 heavy (non-hydrogen) atoms. The molecule has 3 heterocycles. The fourth-order valence-corrected chi connectivity index (χ4v) is 4.11. The highest BCUT2D eigenvalue weighted by atomic mass is 32.1. The number of aromatic nitrogens is 2. The summed E-state index contributed by atoms with van der Waals surface area (Å²) in [5.74, 6) is 0.789. The molecule has 1 saturated heterocycles. The van der Waals surface area contributed by atoms with Crippen LogP contribution < -0.4 is 4.90 Å². The van der Waals surface area contributed by atoms with E-state index >= 15 is 0 Å². The summed E-state index contributed by atoms with van der Waals surface area (Å²) in [6.45, 7) is 5.86. The molecule has 4 nitrogen and oxygen atoms in total. The Hall–Kier alpha value is -1.98. The first-order valence-corrected chi connectivity index (χ1v) is 8.72. The molecule has 2 atom stereocenters. The molecule has 0 N–H and O–H groups in total. The van der Waals surface area contributed by atoms with E-state index in [0.29, 0.717) is 0 Å². The number of benzene rings is 1. The Morgan fingerprint density at radius 2 is 1.78 bits per heavy atom. The fourth-order valence-electron chi connectivity index (χ4n) is 3.08. The summed E-state index contributed by atoms with van der Waals surface area (Å²) in [6, 6.07) is 10.6. The second-order valence-electron chi connectivity index (χ2n) is 6.08. The molecule has 5 heteroatoms. The maximum atomic E-state index is 5.77. The Bertz CT molecular complexity index is 772. The number of ether oxygens (including phenoxy) is 1. The Labute approximate surface area is 139 Å². The standard InChI is InChI=1S/C18H19N3OS/c1-12-10-21(11-13(2)22-12)18-19-8-15(9-20-18)17-7-14-5-3-4-6-16(14)23-17/h3-9,12-13H,10-11H2,1-2H3. The largest absolute Gasteiger partial charge is 0.372 e. The lowest BCUT2D eigenvalue weighted by atomic mass is 10.2. The topological polar surface area (TPSA) is 38.2 Å². The van der Waals surface area contributed by atoms with E-state index in [2.05, 4.69) is 59.0 Å². The number of morpholine rings is 1. The van der Waals surface area contributed by atoms with Crippen LogP contribution in [0.15, 0.2) is 42.7 Å². The lowest BCUT2D eigenvalue weighted by Crippen LogP contribution is -2.46. The quantitative estimate of drug-likeness (QED) is 0.714. The molecule has 1 fully saturated rings. The van der Waals surface area contributed by atoms with Crippen LogP contribution in [0.2, 0.25) is 0 Å². The van der Waals surface area contributed by atoms with Gasteiger partial charge in [0.1, 0.15) is 0 Å². The number of fused-ring (bicyclic) bond motifs is 1. The molecule has 0 saturated carbocycles. The van der Waals surface area contributed by atoms with Crippen LogP contribution >= 0.6 is 11.3 Å². The van der Waals surface area contributed by atoms with Gasteiger partial charge < -0.3 is 9.64 Å². The molecule has 0 radical (unpaired) electrons. The summed E-state index contributed by atoms with van der Waals surface area (Å²) in [6.07, 6.45) is 4.28. The summed E-state index contributed by atoms with van der Waals surface area (Å²) in [7, 11) is 0.